The zero-order chi connectivity index (χ0) is 15.9. The summed E-state index contributed by atoms with van der Waals surface area (Å²) in [5.41, 5.74) is 6.25. The largest absolute Gasteiger partial charge is 0.340 e. The molecule has 5 heteroatoms. The van der Waals surface area contributed by atoms with Gasteiger partial charge < -0.3 is 10.6 Å². The van der Waals surface area contributed by atoms with Crippen molar-refractivity contribution in [1.29, 1.82) is 0 Å². The summed E-state index contributed by atoms with van der Waals surface area (Å²) in [5.74, 6) is -0.00234. The Morgan fingerprint density at radius 2 is 1.95 bits per heavy atom. The molecule has 4 nitrogen and oxygen atoms in total. The van der Waals surface area contributed by atoms with Crippen molar-refractivity contribution in [2.75, 3.05) is 20.1 Å². The highest BCUT2D eigenvalue weighted by Crippen LogP contribution is 2.32. The average Bonchev–Trinajstić information content (AvgIpc) is 3.23. The molecule has 22 heavy (non-hydrogen) atoms. The summed E-state index contributed by atoms with van der Waals surface area (Å²) in [6.07, 6.45) is 3.69. The molecule has 1 aliphatic heterocycles. The summed E-state index contributed by atoms with van der Waals surface area (Å²) in [6.45, 7) is 3.90. The van der Waals surface area contributed by atoms with Crippen LogP contribution in [-0.2, 0) is 10.3 Å². The number of carbonyl (C=O) groups is 1. The van der Waals surface area contributed by atoms with E-state index < -0.39 is 5.54 Å². The second-order valence-electron chi connectivity index (χ2n) is 6.79. The van der Waals surface area contributed by atoms with Gasteiger partial charge >= 0.3 is 0 Å². The molecule has 1 saturated heterocycles. The van der Waals surface area contributed by atoms with E-state index in [9.17, 15) is 4.79 Å². The van der Waals surface area contributed by atoms with Crippen molar-refractivity contribution in [3.8, 4) is 0 Å². The fourth-order valence-corrected chi connectivity index (χ4v) is 3.57. The van der Waals surface area contributed by atoms with E-state index in [2.05, 4.69) is 20.8 Å². The lowest BCUT2D eigenvalue weighted by molar-refractivity contribution is -0.137. The van der Waals surface area contributed by atoms with E-state index in [4.69, 9.17) is 5.73 Å². The maximum Gasteiger partial charge on any atom is 0.247 e. The van der Waals surface area contributed by atoms with E-state index in [0.717, 1.165) is 35.6 Å². The van der Waals surface area contributed by atoms with Gasteiger partial charge in [0.05, 0.1) is 0 Å². The predicted octanol–water partition coefficient (Wildman–Crippen LogP) is 2.32. The molecule has 1 amide bonds. The van der Waals surface area contributed by atoms with E-state index in [1.165, 1.54) is 12.8 Å². The molecule has 0 aromatic heterocycles. The van der Waals surface area contributed by atoms with Crippen LogP contribution in [0.2, 0.25) is 0 Å². The van der Waals surface area contributed by atoms with Gasteiger partial charge in [0.25, 0.3) is 0 Å². The highest BCUT2D eigenvalue weighted by Gasteiger charge is 2.40. The maximum absolute atomic E-state index is 12.9. The molecule has 0 radical (unpaired) electrons. The van der Waals surface area contributed by atoms with Crippen molar-refractivity contribution in [2.24, 2.45) is 5.73 Å². The predicted molar refractivity (Wildman–Crippen MR) is 91.5 cm³/mol. The molecular weight excluding hydrogens is 342 g/mol. The lowest BCUT2D eigenvalue weighted by Gasteiger charge is -2.33. The van der Waals surface area contributed by atoms with Crippen LogP contribution in [0.15, 0.2) is 28.7 Å². The van der Waals surface area contributed by atoms with Crippen LogP contribution in [0.25, 0.3) is 0 Å². The molecule has 0 bridgehead atoms. The van der Waals surface area contributed by atoms with Gasteiger partial charge in [0.1, 0.15) is 5.54 Å². The number of hydrogen-bond acceptors (Lipinski definition) is 3. The number of carbonyl (C=O) groups excluding carboxylic acids is 1. The Morgan fingerprint density at radius 3 is 2.55 bits per heavy atom. The average molecular weight is 366 g/mol. The first kappa shape index (κ1) is 16.0. The zero-order valence-corrected chi connectivity index (χ0v) is 14.8. The van der Waals surface area contributed by atoms with Crippen LogP contribution in [0.3, 0.4) is 0 Å². The molecule has 1 heterocycles. The van der Waals surface area contributed by atoms with Crippen LogP contribution in [0.1, 0.15) is 31.7 Å². The van der Waals surface area contributed by atoms with E-state index >= 15 is 0 Å². The topological polar surface area (TPSA) is 49.6 Å². The third-order valence-electron chi connectivity index (χ3n) is 5.01. The molecule has 2 unspecified atom stereocenters. The summed E-state index contributed by atoms with van der Waals surface area (Å²) >= 11 is 3.42. The van der Waals surface area contributed by atoms with Gasteiger partial charge in [-0.2, -0.15) is 0 Å². The smallest absolute Gasteiger partial charge is 0.247 e. The Balaban J connectivity index is 1.70. The number of amides is 1. The van der Waals surface area contributed by atoms with Crippen LogP contribution in [0.5, 0.6) is 0 Å². The Morgan fingerprint density at radius 1 is 1.32 bits per heavy atom. The molecule has 1 saturated carbocycles. The van der Waals surface area contributed by atoms with Crippen molar-refractivity contribution in [2.45, 2.75) is 43.8 Å². The van der Waals surface area contributed by atoms with Crippen LogP contribution in [0, 0.1) is 0 Å². The fourth-order valence-electron chi connectivity index (χ4n) is 3.31. The molecular formula is C17H24BrN3O. The number of halogens is 1. The van der Waals surface area contributed by atoms with Gasteiger partial charge in [-0.3, -0.25) is 9.69 Å². The van der Waals surface area contributed by atoms with Crippen LogP contribution in [-0.4, -0.2) is 47.9 Å². The van der Waals surface area contributed by atoms with Gasteiger partial charge in [-0.15, -0.1) is 0 Å². The van der Waals surface area contributed by atoms with Crippen LogP contribution in [0.4, 0.5) is 0 Å². The Kier molecular flexibility index (Phi) is 4.32. The highest BCUT2D eigenvalue weighted by atomic mass is 79.9. The van der Waals surface area contributed by atoms with E-state index in [-0.39, 0.29) is 11.9 Å². The Labute approximate surface area is 140 Å². The molecule has 2 atom stereocenters. The molecule has 2 N–H and O–H groups in total. The van der Waals surface area contributed by atoms with Crippen molar-refractivity contribution in [3.05, 3.63) is 34.3 Å². The molecule has 120 valence electrons. The number of hydrogen-bond donors (Lipinski definition) is 1. The summed E-state index contributed by atoms with van der Waals surface area (Å²) in [4.78, 5) is 17.3. The van der Waals surface area contributed by atoms with Crippen molar-refractivity contribution < 1.29 is 4.79 Å². The van der Waals surface area contributed by atoms with Gasteiger partial charge in [0.2, 0.25) is 5.91 Å². The van der Waals surface area contributed by atoms with E-state index in [1.54, 1.807) is 0 Å². The number of rotatable bonds is 4. The first-order valence-corrected chi connectivity index (χ1v) is 8.75. The second-order valence-corrected chi connectivity index (χ2v) is 7.71. The lowest BCUT2D eigenvalue weighted by Crippen LogP contribution is -2.53. The van der Waals surface area contributed by atoms with E-state index in [1.807, 2.05) is 43.1 Å². The van der Waals surface area contributed by atoms with Gasteiger partial charge in [0.15, 0.2) is 0 Å². The summed E-state index contributed by atoms with van der Waals surface area (Å²) in [7, 11) is 1.90. The monoisotopic (exact) mass is 365 g/mol. The molecule has 2 fully saturated rings. The summed E-state index contributed by atoms with van der Waals surface area (Å²) < 4.78 is 0.990. The summed E-state index contributed by atoms with van der Waals surface area (Å²) in [5, 5.41) is 0. The normalized spacial score (nSPS) is 25.0. The molecule has 2 aliphatic rings. The standard InChI is InChI=1S/C17H24BrN3O/c1-17(19,12-3-5-13(18)6-4-12)16(22)20(2)15-9-10-21(11-15)14-7-8-14/h3-6,14-15H,7-11,19H2,1-2H3. The van der Waals surface area contributed by atoms with Crippen LogP contribution >= 0.6 is 15.9 Å². The molecule has 1 aliphatic carbocycles. The number of likely N-dealkylation sites (N-methyl/N-ethyl adjacent to an activating group) is 1. The number of nitrogens with two attached hydrogens (primary N) is 1. The first-order valence-electron chi connectivity index (χ1n) is 7.96. The third kappa shape index (κ3) is 3.07. The molecule has 3 rings (SSSR count). The SMILES string of the molecule is CN(C(=O)C(C)(N)c1ccc(Br)cc1)C1CCN(C2CC2)C1. The number of benzene rings is 1. The van der Waals surface area contributed by atoms with Gasteiger partial charge in [0, 0.05) is 36.7 Å². The van der Waals surface area contributed by atoms with Crippen molar-refractivity contribution >= 4 is 21.8 Å². The first-order chi connectivity index (χ1) is 10.4. The Hall–Kier alpha value is -0.910. The molecule has 1 aromatic carbocycles. The van der Waals surface area contributed by atoms with Crippen molar-refractivity contribution in [3.63, 3.8) is 0 Å². The van der Waals surface area contributed by atoms with Gasteiger partial charge in [-0.1, -0.05) is 28.1 Å². The van der Waals surface area contributed by atoms with Gasteiger partial charge in [-0.25, -0.2) is 0 Å². The number of likely N-dealkylation sites (tertiary alicyclic amines) is 1. The third-order valence-corrected chi connectivity index (χ3v) is 5.54. The lowest BCUT2D eigenvalue weighted by atomic mass is 9.91. The fraction of sp³-hybridized carbons (Fsp3) is 0.588. The second kappa shape index (κ2) is 5.95. The van der Waals surface area contributed by atoms with Crippen molar-refractivity contribution in [1.82, 2.24) is 9.80 Å². The minimum Gasteiger partial charge on any atom is -0.340 e. The molecule has 1 aromatic rings. The van der Waals surface area contributed by atoms with Gasteiger partial charge in [-0.05, 0) is 43.9 Å². The summed E-state index contributed by atoms with van der Waals surface area (Å²) in [6, 6.07) is 8.74. The van der Waals surface area contributed by atoms with E-state index in [0.29, 0.717) is 0 Å². The molecule has 0 spiro atoms. The quantitative estimate of drug-likeness (QED) is 0.890. The Bertz CT molecular complexity index is 554. The maximum atomic E-state index is 12.9. The zero-order valence-electron chi connectivity index (χ0n) is 13.3. The minimum absolute atomic E-state index is 0.00234. The number of nitrogens with zero attached hydrogens (tertiary/aromatic N) is 2. The van der Waals surface area contributed by atoms with Crippen LogP contribution < -0.4 is 5.73 Å². The highest BCUT2D eigenvalue weighted by molar-refractivity contribution is 9.10. The minimum atomic E-state index is -0.984.